The fourth-order valence-electron chi connectivity index (χ4n) is 0.886. The van der Waals surface area contributed by atoms with Gasteiger partial charge in [-0.2, -0.15) is 0 Å². The van der Waals surface area contributed by atoms with E-state index in [1.54, 1.807) is 11.4 Å². The highest BCUT2D eigenvalue weighted by atomic mass is 79.9. The van der Waals surface area contributed by atoms with E-state index >= 15 is 0 Å². The first-order chi connectivity index (χ1) is 5.65. The Bertz CT molecular complexity index is 287. The minimum absolute atomic E-state index is 0.137. The summed E-state index contributed by atoms with van der Waals surface area (Å²) in [6, 6.07) is 1.79. The molecule has 12 heavy (non-hydrogen) atoms. The first-order valence-corrected chi connectivity index (χ1v) is 4.99. The molecule has 0 aliphatic rings. The van der Waals surface area contributed by atoms with Crippen molar-refractivity contribution in [3.05, 3.63) is 20.8 Å². The Morgan fingerprint density at radius 1 is 1.83 bits per heavy atom. The number of carboxylic acids is 1. The Hall–Kier alpha value is -0.390. The van der Waals surface area contributed by atoms with E-state index in [4.69, 9.17) is 10.8 Å². The largest absolute Gasteiger partial charge is 0.481 e. The molecule has 1 heterocycles. The lowest BCUT2D eigenvalue weighted by atomic mass is 10.0. The summed E-state index contributed by atoms with van der Waals surface area (Å²) < 4.78 is 0.928. The van der Waals surface area contributed by atoms with E-state index in [0.29, 0.717) is 0 Å². The molecule has 0 spiro atoms. The Morgan fingerprint density at radius 3 is 2.83 bits per heavy atom. The van der Waals surface area contributed by atoms with Gasteiger partial charge in [0.15, 0.2) is 0 Å². The number of carbonyl (C=O) groups is 1. The summed E-state index contributed by atoms with van der Waals surface area (Å²) in [5.41, 5.74) is 6.09. The second-order valence-corrected chi connectivity index (χ2v) is 4.60. The second kappa shape index (κ2) is 4.02. The van der Waals surface area contributed by atoms with Crippen molar-refractivity contribution in [1.82, 2.24) is 0 Å². The maximum atomic E-state index is 10.6. The van der Waals surface area contributed by atoms with E-state index in [1.165, 1.54) is 11.3 Å². The molecule has 66 valence electrons. The fourth-order valence-corrected chi connectivity index (χ4v) is 2.12. The summed E-state index contributed by atoms with van der Waals surface area (Å²) in [4.78, 5) is 10.6. The molecule has 0 radical (unpaired) electrons. The first kappa shape index (κ1) is 9.70. The van der Waals surface area contributed by atoms with Crippen molar-refractivity contribution < 1.29 is 9.90 Å². The minimum atomic E-state index is -0.872. The van der Waals surface area contributed by atoms with Crippen molar-refractivity contribution in [2.75, 3.05) is 6.54 Å². The Labute approximate surface area is 82.3 Å². The van der Waals surface area contributed by atoms with E-state index in [9.17, 15) is 4.79 Å². The topological polar surface area (TPSA) is 63.3 Å². The molecule has 0 aromatic carbocycles. The van der Waals surface area contributed by atoms with Crippen molar-refractivity contribution in [2.24, 2.45) is 5.73 Å². The zero-order chi connectivity index (χ0) is 9.14. The zero-order valence-electron chi connectivity index (χ0n) is 6.16. The second-order valence-electron chi connectivity index (χ2n) is 2.31. The lowest BCUT2D eigenvalue weighted by Crippen LogP contribution is -2.20. The van der Waals surface area contributed by atoms with Crippen LogP contribution >= 0.6 is 27.3 Å². The van der Waals surface area contributed by atoms with Gasteiger partial charge in [-0.3, -0.25) is 4.79 Å². The molecule has 1 unspecified atom stereocenters. The molecule has 0 aliphatic heterocycles. The van der Waals surface area contributed by atoms with Gasteiger partial charge in [0.2, 0.25) is 0 Å². The van der Waals surface area contributed by atoms with Gasteiger partial charge in [0, 0.05) is 6.54 Å². The number of thiophene rings is 1. The van der Waals surface area contributed by atoms with E-state index in [2.05, 4.69) is 15.9 Å². The van der Waals surface area contributed by atoms with Gasteiger partial charge in [0.25, 0.3) is 0 Å². The molecule has 1 aromatic rings. The highest BCUT2D eigenvalue weighted by Crippen LogP contribution is 2.26. The summed E-state index contributed by atoms with van der Waals surface area (Å²) in [5, 5.41) is 10.5. The van der Waals surface area contributed by atoms with Crippen LogP contribution in [0.25, 0.3) is 0 Å². The Balaban J connectivity index is 2.87. The van der Waals surface area contributed by atoms with E-state index in [1.807, 2.05) is 0 Å². The molecule has 1 aromatic heterocycles. The van der Waals surface area contributed by atoms with Crippen LogP contribution in [0.2, 0.25) is 0 Å². The highest BCUT2D eigenvalue weighted by molar-refractivity contribution is 9.11. The highest BCUT2D eigenvalue weighted by Gasteiger charge is 2.18. The van der Waals surface area contributed by atoms with Crippen LogP contribution in [0, 0.1) is 0 Å². The van der Waals surface area contributed by atoms with Crippen LogP contribution in [0.15, 0.2) is 15.2 Å². The van der Waals surface area contributed by atoms with Crippen LogP contribution in [0.5, 0.6) is 0 Å². The number of nitrogens with two attached hydrogens (primary N) is 1. The van der Waals surface area contributed by atoms with Crippen LogP contribution < -0.4 is 5.73 Å². The quantitative estimate of drug-likeness (QED) is 0.857. The smallest absolute Gasteiger partial charge is 0.312 e. The summed E-state index contributed by atoms with van der Waals surface area (Å²) in [6.45, 7) is 0.137. The molecular formula is C7H8BrNO2S. The molecule has 0 bridgehead atoms. The lowest BCUT2D eigenvalue weighted by molar-refractivity contribution is -0.138. The molecule has 0 aliphatic carbocycles. The summed E-state index contributed by atoms with van der Waals surface area (Å²) >= 11 is 4.73. The molecule has 5 heteroatoms. The molecule has 1 atom stereocenters. The number of hydrogen-bond donors (Lipinski definition) is 2. The number of aliphatic carboxylic acids is 1. The third-order valence-corrected chi connectivity index (χ3v) is 3.05. The van der Waals surface area contributed by atoms with Crippen molar-refractivity contribution in [3.63, 3.8) is 0 Å². The summed E-state index contributed by atoms with van der Waals surface area (Å²) in [6.07, 6.45) is 0. The Morgan fingerprint density at radius 2 is 2.50 bits per heavy atom. The van der Waals surface area contributed by atoms with Crippen LogP contribution in [-0.4, -0.2) is 17.6 Å². The van der Waals surface area contributed by atoms with E-state index in [-0.39, 0.29) is 6.54 Å². The molecule has 0 amide bonds. The Kier molecular flexibility index (Phi) is 3.25. The van der Waals surface area contributed by atoms with Gasteiger partial charge in [-0.1, -0.05) is 0 Å². The third-order valence-electron chi connectivity index (χ3n) is 1.52. The summed E-state index contributed by atoms with van der Waals surface area (Å²) in [5.74, 6) is -1.45. The van der Waals surface area contributed by atoms with Gasteiger partial charge in [-0.15, -0.1) is 11.3 Å². The average Bonchev–Trinajstić information content (AvgIpc) is 2.37. The number of rotatable bonds is 3. The third kappa shape index (κ3) is 2.06. The van der Waals surface area contributed by atoms with Crippen molar-refractivity contribution in [3.8, 4) is 0 Å². The van der Waals surface area contributed by atoms with Crippen LogP contribution in [0.1, 0.15) is 11.5 Å². The van der Waals surface area contributed by atoms with Gasteiger partial charge in [-0.05, 0) is 32.9 Å². The molecule has 1 rings (SSSR count). The fraction of sp³-hybridized carbons (Fsp3) is 0.286. The minimum Gasteiger partial charge on any atom is -0.481 e. The first-order valence-electron chi connectivity index (χ1n) is 3.32. The van der Waals surface area contributed by atoms with Gasteiger partial charge in [0.05, 0.1) is 9.70 Å². The standard InChI is InChI=1S/C7H8BrNO2S/c8-6-1-4(3-12-6)5(2-9)7(10)11/h1,3,5H,2,9H2,(H,10,11). The molecule has 0 saturated heterocycles. The zero-order valence-corrected chi connectivity index (χ0v) is 8.56. The van der Waals surface area contributed by atoms with Crippen LogP contribution in [-0.2, 0) is 4.79 Å². The normalized spacial score (nSPS) is 12.8. The maximum Gasteiger partial charge on any atom is 0.312 e. The van der Waals surface area contributed by atoms with Crippen molar-refractivity contribution >= 4 is 33.2 Å². The molecule has 3 N–H and O–H groups in total. The number of carboxylic acid groups (broad SMARTS) is 1. The van der Waals surface area contributed by atoms with Gasteiger partial charge >= 0.3 is 5.97 Å². The van der Waals surface area contributed by atoms with Gasteiger partial charge < -0.3 is 10.8 Å². The van der Waals surface area contributed by atoms with E-state index < -0.39 is 11.9 Å². The van der Waals surface area contributed by atoms with Gasteiger partial charge in [-0.25, -0.2) is 0 Å². The van der Waals surface area contributed by atoms with Crippen molar-refractivity contribution in [1.29, 1.82) is 0 Å². The van der Waals surface area contributed by atoms with Crippen LogP contribution in [0.4, 0.5) is 0 Å². The maximum absolute atomic E-state index is 10.6. The van der Waals surface area contributed by atoms with Gasteiger partial charge in [0.1, 0.15) is 0 Å². The molecule has 0 saturated carbocycles. The van der Waals surface area contributed by atoms with E-state index in [0.717, 1.165) is 9.35 Å². The predicted molar refractivity (Wildman–Crippen MR) is 51.5 cm³/mol. The number of halogens is 1. The SMILES string of the molecule is NCC(C(=O)O)c1csc(Br)c1. The monoisotopic (exact) mass is 249 g/mol. The molecule has 0 fully saturated rings. The average molecular weight is 250 g/mol. The lowest BCUT2D eigenvalue weighted by Gasteiger charge is -2.05. The molecular weight excluding hydrogens is 242 g/mol. The molecule has 3 nitrogen and oxygen atoms in total. The van der Waals surface area contributed by atoms with Crippen molar-refractivity contribution in [2.45, 2.75) is 5.92 Å². The number of hydrogen-bond acceptors (Lipinski definition) is 3. The summed E-state index contributed by atoms with van der Waals surface area (Å²) in [7, 11) is 0. The van der Waals surface area contributed by atoms with Crippen LogP contribution in [0.3, 0.4) is 0 Å². The predicted octanol–water partition coefficient (Wildman–Crippen LogP) is 1.64.